The zero-order chi connectivity index (χ0) is 12.5. The smallest absolute Gasteiger partial charge is 0.360 e. The van der Waals surface area contributed by atoms with E-state index in [0.717, 1.165) is 0 Å². The lowest BCUT2D eigenvalue weighted by molar-refractivity contribution is 0.0519. The van der Waals surface area contributed by atoms with Crippen LogP contribution < -0.4 is 5.32 Å². The van der Waals surface area contributed by atoms with Crippen molar-refractivity contribution < 1.29 is 23.8 Å². The van der Waals surface area contributed by atoms with Crippen LogP contribution in [0.2, 0.25) is 0 Å². The zero-order valence-electron chi connectivity index (χ0n) is 9.64. The van der Waals surface area contributed by atoms with Crippen LogP contribution in [0.15, 0.2) is 10.7 Å². The van der Waals surface area contributed by atoms with E-state index in [1.165, 1.54) is 6.26 Å². The first kappa shape index (κ1) is 13.5. The van der Waals surface area contributed by atoms with Gasteiger partial charge in [-0.25, -0.2) is 4.79 Å². The van der Waals surface area contributed by atoms with Gasteiger partial charge in [0, 0.05) is 6.54 Å². The maximum Gasteiger partial charge on any atom is 0.360 e. The number of aromatic nitrogens is 1. The second-order valence-corrected chi connectivity index (χ2v) is 3.02. The zero-order valence-corrected chi connectivity index (χ0v) is 9.64. The van der Waals surface area contributed by atoms with E-state index >= 15 is 0 Å². The molecule has 96 valence electrons. The van der Waals surface area contributed by atoms with Gasteiger partial charge in [-0.2, -0.15) is 4.98 Å². The van der Waals surface area contributed by atoms with E-state index < -0.39 is 5.97 Å². The van der Waals surface area contributed by atoms with E-state index in [1.54, 1.807) is 6.92 Å². The van der Waals surface area contributed by atoms with Crippen LogP contribution in [0.1, 0.15) is 17.4 Å². The SMILES string of the molecule is CCOC(=O)c1coc(NCCOCCO)n1. The molecule has 1 rings (SSSR count). The number of ether oxygens (including phenoxy) is 2. The maximum atomic E-state index is 11.2. The second kappa shape index (κ2) is 7.64. The molecule has 1 heterocycles. The van der Waals surface area contributed by atoms with Crippen LogP contribution >= 0.6 is 0 Å². The summed E-state index contributed by atoms with van der Waals surface area (Å²) in [7, 11) is 0. The van der Waals surface area contributed by atoms with Gasteiger partial charge in [-0.1, -0.05) is 0 Å². The van der Waals surface area contributed by atoms with E-state index in [0.29, 0.717) is 26.4 Å². The van der Waals surface area contributed by atoms with Gasteiger partial charge in [0.1, 0.15) is 6.26 Å². The van der Waals surface area contributed by atoms with Crippen LogP contribution in [0, 0.1) is 0 Å². The Morgan fingerprint density at radius 3 is 3.12 bits per heavy atom. The highest BCUT2D eigenvalue weighted by molar-refractivity contribution is 5.87. The minimum absolute atomic E-state index is 0.00793. The molecule has 17 heavy (non-hydrogen) atoms. The second-order valence-electron chi connectivity index (χ2n) is 3.02. The average molecular weight is 244 g/mol. The molecular weight excluding hydrogens is 228 g/mol. The van der Waals surface area contributed by atoms with E-state index in [1.807, 2.05) is 0 Å². The molecule has 0 amide bonds. The molecule has 0 spiro atoms. The molecule has 2 N–H and O–H groups in total. The van der Waals surface area contributed by atoms with Gasteiger partial charge in [-0.05, 0) is 6.92 Å². The minimum atomic E-state index is -0.513. The molecule has 7 heteroatoms. The van der Waals surface area contributed by atoms with Crippen molar-refractivity contribution in [3.05, 3.63) is 12.0 Å². The topological polar surface area (TPSA) is 93.8 Å². The standard InChI is InChI=1S/C10H16N2O5/c1-2-16-9(14)8-7-17-10(12-8)11-3-5-15-6-4-13/h7,13H,2-6H2,1H3,(H,11,12). The van der Waals surface area contributed by atoms with Gasteiger partial charge < -0.3 is 24.3 Å². The molecule has 0 saturated carbocycles. The molecule has 0 aliphatic carbocycles. The summed E-state index contributed by atoms with van der Waals surface area (Å²) in [4.78, 5) is 15.1. The lowest BCUT2D eigenvalue weighted by Crippen LogP contribution is -2.12. The van der Waals surface area contributed by atoms with Crippen LogP contribution in [0.5, 0.6) is 0 Å². The Hall–Kier alpha value is -1.60. The Bertz CT molecular complexity index is 339. The fourth-order valence-electron chi connectivity index (χ4n) is 1.05. The third-order valence-electron chi connectivity index (χ3n) is 1.75. The molecule has 1 aromatic rings. The largest absolute Gasteiger partial charge is 0.461 e. The lowest BCUT2D eigenvalue weighted by Gasteiger charge is -2.01. The highest BCUT2D eigenvalue weighted by atomic mass is 16.5. The predicted octanol–water partition coefficient (Wildman–Crippen LogP) is 0.272. The summed E-state index contributed by atoms with van der Waals surface area (Å²) >= 11 is 0. The van der Waals surface area contributed by atoms with Gasteiger partial charge in [0.2, 0.25) is 0 Å². The monoisotopic (exact) mass is 244 g/mol. The van der Waals surface area contributed by atoms with E-state index in [9.17, 15) is 4.79 Å². The Kier molecular flexibility index (Phi) is 6.05. The third-order valence-corrected chi connectivity index (χ3v) is 1.75. The maximum absolute atomic E-state index is 11.2. The Labute approximate surface area is 98.7 Å². The number of hydrogen-bond donors (Lipinski definition) is 2. The van der Waals surface area contributed by atoms with Gasteiger partial charge in [0.05, 0.1) is 26.4 Å². The molecule has 1 aromatic heterocycles. The number of esters is 1. The van der Waals surface area contributed by atoms with E-state index in [-0.39, 0.29) is 18.3 Å². The van der Waals surface area contributed by atoms with Crippen molar-refractivity contribution in [2.45, 2.75) is 6.92 Å². The number of nitrogens with one attached hydrogen (secondary N) is 1. The first-order chi connectivity index (χ1) is 8.27. The first-order valence-electron chi connectivity index (χ1n) is 5.33. The van der Waals surface area contributed by atoms with E-state index in [2.05, 4.69) is 10.3 Å². The highest BCUT2D eigenvalue weighted by Gasteiger charge is 2.12. The number of anilines is 1. The Morgan fingerprint density at radius 1 is 1.59 bits per heavy atom. The number of rotatable bonds is 8. The normalized spacial score (nSPS) is 10.2. The van der Waals surface area contributed by atoms with Gasteiger partial charge >= 0.3 is 5.97 Å². The molecule has 0 unspecified atom stereocenters. The summed E-state index contributed by atoms with van der Waals surface area (Å²) in [6.45, 7) is 3.19. The number of carbonyl (C=O) groups is 1. The average Bonchev–Trinajstić information content (AvgIpc) is 2.78. The van der Waals surface area contributed by atoms with Crippen molar-refractivity contribution in [3.8, 4) is 0 Å². The fraction of sp³-hybridized carbons (Fsp3) is 0.600. The van der Waals surface area contributed by atoms with E-state index in [4.69, 9.17) is 19.0 Å². The van der Waals surface area contributed by atoms with Crippen LogP contribution in [0.4, 0.5) is 6.01 Å². The number of aliphatic hydroxyl groups is 1. The summed E-state index contributed by atoms with van der Waals surface area (Å²) in [5.41, 5.74) is 0.130. The molecule has 0 fully saturated rings. The summed E-state index contributed by atoms with van der Waals surface area (Å²) in [6.07, 6.45) is 1.23. The van der Waals surface area contributed by atoms with Gasteiger partial charge in [-0.15, -0.1) is 0 Å². The lowest BCUT2D eigenvalue weighted by atomic mass is 10.5. The third kappa shape index (κ3) is 4.83. The first-order valence-corrected chi connectivity index (χ1v) is 5.33. The van der Waals surface area contributed by atoms with Crippen LogP contribution in [0.25, 0.3) is 0 Å². The Balaban J connectivity index is 2.28. The number of oxazole rings is 1. The van der Waals surface area contributed by atoms with Crippen molar-refractivity contribution in [2.24, 2.45) is 0 Å². The minimum Gasteiger partial charge on any atom is -0.461 e. The number of carbonyl (C=O) groups excluding carboxylic acids is 1. The number of aliphatic hydroxyl groups excluding tert-OH is 1. The van der Waals surface area contributed by atoms with Gasteiger partial charge in [0.15, 0.2) is 5.69 Å². The summed E-state index contributed by atoms with van der Waals surface area (Å²) in [5, 5.41) is 11.3. The number of hydrogen-bond acceptors (Lipinski definition) is 7. The van der Waals surface area contributed by atoms with Gasteiger partial charge in [0.25, 0.3) is 6.01 Å². The molecule has 0 aliphatic heterocycles. The summed E-state index contributed by atoms with van der Waals surface area (Å²) in [5.74, 6) is -0.513. The highest BCUT2D eigenvalue weighted by Crippen LogP contribution is 2.08. The number of nitrogens with zero attached hydrogens (tertiary/aromatic N) is 1. The van der Waals surface area contributed by atoms with Gasteiger partial charge in [-0.3, -0.25) is 0 Å². The van der Waals surface area contributed by atoms with Crippen LogP contribution in [-0.4, -0.2) is 49.0 Å². The van der Waals surface area contributed by atoms with Crippen LogP contribution in [-0.2, 0) is 9.47 Å². The summed E-state index contributed by atoms with van der Waals surface area (Å²) in [6, 6.07) is 0.237. The predicted molar refractivity (Wildman–Crippen MR) is 58.9 cm³/mol. The molecule has 0 saturated heterocycles. The van der Waals surface area contributed by atoms with Crippen molar-refractivity contribution in [1.29, 1.82) is 0 Å². The van der Waals surface area contributed by atoms with Crippen molar-refractivity contribution in [3.63, 3.8) is 0 Å². The molecule has 7 nitrogen and oxygen atoms in total. The Morgan fingerprint density at radius 2 is 2.41 bits per heavy atom. The summed E-state index contributed by atoms with van der Waals surface area (Å²) < 4.78 is 14.8. The quantitative estimate of drug-likeness (QED) is 0.500. The van der Waals surface area contributed by atoms with Crippen LogP contribution in [0.3, 0.4) is 0 Å². The van der Waals surface area contributed by atoms with Crippen molar-refractivity contribution in [1.82, 2.24) is 4.98 Å². The molecule has 0 atom stereocenters. The molecular formula is C10H16N2O5. The molecule has 0 radical (unpaired) electrons. The van der Waals surface area contributed by atoms with Crippen molar-refractivity contribution in [2.75, 3.05) is 38.3 Å². The van der Waals surface area contributed by atoms with Crippen molar-refractivity contribution >= 4 is 12.0 Å². The molecule has 0 bridgehead atoms. The molecule has 0 aliphatic rings. The fourth-order valence-corrected chi connectivity index (χ4v) is 1.05. The molecule has 0 aromatic carbocycles.